The number of nitrogens with one attached hydrogen (secondary N) is 1. The predicted octanol–water partition coefficient (Wildman–Crippen LogP) is 3.61. The van der Waals surface area contributed by atoms with Crippen LogP contribution in [0.25, 0.3) is 6.08 Å². The van der Waals surface area contributed by atoms with Crippen molar-refractivity contribution in [1.82, 2.24) is 5.32 Å². The van der Waals surface area contributed by atoms with Gasteiger partial charge >= 0.3 is 0 Å². The molecule has 0 aromatic heterocycles. The van der Waals surface area contributed by atoms with Crippen molar-refractivity contribution in [3.8, 4) is 0 Å². The minimum absolute atomic E-state index is 0.0179. The van der Waals surface area contributed by atoms with Gasteiger partial charge in [0, 0.05) is 18.3 Å². The Morgan fingerprint density at radius 2 is 2.10 bits per heavy atom. The van der Waals surface area contributed by atoms with Gasteiger partial charge in [0.1, 0.15) is 0 Å². The first-order chi connectivity index (χ1) is 10.1. The van der Waals surface area contributed by atoms with E-state index in [-0.39, 0.29) is 5.91 Å². The Morgan fingerprint density at radius 1 is 1.33 bits per heavy atom. The maximum absolute atomic E-state index is 11.8. The number of nitrogen functional groups attached to an aromatic ring is 1. The molecule has 1 aromatic rings. The predicted molar refractivity (Wildman–Crippen MR) is 88.6 cm³/mol. The summed E-state index contributed by atoms with van der Waals surface area (Å²) < 4.78 is 0. The molecule has 0 saturated heterocycles. The maximum Gasteiger partial charge on any atom is 0.243 e. The van der Waals surface area contributed by atoms with Crippen LogP contribution >= 0.6 is 0 Å². The third-order valence-electron chi connectivity index (χ3n) is 4.26. The van der Waals surface area contributed by atoms with E-state index < -0.39 is 0 Å². The average Bonchev–Trinajstić information content (AvgIpc) is 2.47. The number of hydrogen-bond donors (Lipinski definition) is 2. The fraction of sp³-hybridized carbons (Fsp3) is 0.500. The Kier molecular flexibility index (Phi) is 5.85. The molecule has 0 spiro atoms. The van der Waals surface area contributed by atoms with Crippen molar-refractivity contribution in [2.45, 2.75) is 39.0 Å². The van der Waals surface area contributed by atoms with Crippen LogP contribution in [0.1, 0.15) is 44.6 Å². The molecule has 1 aliphatic carbocycles. The minimum Gasteiger partial charge on any atom is -0.399 e. The Morgan fingerprint density at radius 3 is 2.81 bits per heavy atom. The molecule has 0 radical (unpaired) electrons. The summed E-state index contributed by atoms with van der Waals surface area (Å²) in [5.74, 6) is 1.62. The van der Waals surface area contributed by atoms with Crippen LogP contribution in [0.3, 0.4) is 0 Å². The molecule has 1 amide bonds. The van der Waals surface area contributed by atoms with E-state index in [2.05, 4.69) is 12.2 Å². The van der Waals surface area contributed by atoms with Crippen molar-refractivity contribution >= 4 is 17.7 Å². The third kappa shape index (κ3) is 5.62. The second-order valence-corrected chi connectivity index (χ2v) is 6.22. The Balaban J connectivity index is 1.68. The van der Waals surface area contributed by atoms with Crippen LogP contribution in [-0.4, -0.2) is 12.5 Å². The largest absolute Gasteiger partial charge is 0.399 e. The molecule has 2 atom stereocenters. The van der Waals surface area contributed by atoms with Gasteiger partial charge < -0.3 is 11.1 Å². The summed E-state index contributed by atoms with van der Waals surface area (Å²) in [5, 5.41) is 2.98. The lowest BCUT2D eigenvalue weighted by molar-refractivity contribution is -0.116. The molecular formula is C18H26N2O. The molecule has 21 heavy (non-hydrogen) atoms. The Hall–Kier alpha value is -1.77. The highest BCUT2D eigenvalue weighted by Gasteiger charge is 2.18. The van der Waals surface area contributed by atoms with E-state index >= 15 is 0 Å². The van der Waals surface area contributed by atoms with E-state index in [1.54, 1.807) is 6.08 Å². The van der Waals surface area contributed by atoms with Gasteiger partial charge in [0.05, 0.1) is 0 Å². The number of carbonyl (C=O) groups excluding carboxylic acids is 1. The second kappa shape index (κ2) is 7.87. The van der Waals surface area contributed by atoms with E-state index in [1.165, 1.54) is 25.7 Å². The highest BCUT2D eigenvalue weighted by atomic mass is 16.1. The molecule has 114 valence electrons. The van der Waals surface area contributed by atoms with Crippen LogP contribution < -0.4 is 11.1 Å². The monoisotopic (exact) mass is 286 g/mol. The highest BCUT2D eigenvalue weighted by molar-refractivity contribution is 5.91. The van der Waals surface area contributed by atoms with Crippen LogP contribution in [0.2, 0.25) is 0 Å². The fourth-order valence-corrected chi connectivity index (χ4v) is 3.06. The van der Waals surface area contributed by atoms with Crippen LogP contribution in [0.5, 0.6) is 0 Å². The van der Waals surface area contributed by atoms with Crippen molar-refractivity contribution in [2.24, 2.45) is 11.8 Å². The lowest BCUT2D eigenvalue weighted by Crippen LogP contribution is -2.25. The molecule has 1 aliphatic rings. The maximum atomic E-state index is 11.8. The molecule has 3 nitrogen and oxygen atoms in total. The number of anilines is 1. The number of hydrogen-bond acceptors (Lipinski definition) is 2. The van der Waals surface area contributed by atoms with Crippen molar-refractivity contribution < 1.29 is 4.79 Å². The Labute approximate surface area is 127 Å². The van der Waals surface area contributed by atoms with Crippen molar-refractivity contribution in [1.29, 1.82) is 0 Å². The fourth-order valence-electron chi connectivity index (χ4n) is 3.06. The smallest absolute Gasteiger partial charge is 0.243 e. The quantitative estimate of drug-likeness (QED) is 0.641. The van der Waals surface area contributed by atoms with Gasteiger partial charge in [-0.05, 0) is 48.4 Å². The van der Waals surface area contributed by atoms with Crippen LogP contribution in [-0.2, 0) is 4.79 Å². The Bertz CT molecular complexity index is 478. The third-order valence-corrected chi connectivity index (χ3v) is 4.26. The SMILES string of the molecule is CC1CCCC(CCNC(=O)/C=C/c2ccc(N)cc2)C1. The number of amides is 1. The van der Waals surface area contributed by atoms with Crippen LogP contribution in [0, 0.1) is 11.8 Å². The van der Waals surface area contributed by atoms with E-state index in [0.29, 0.717) is 0 Å². The summed E-state index contributed by atoms with van der Waals surface area (Å²) in [7, 11) is 0. The molecule has 0 aliphatic heterocycles. The van der Waals surface area contributed by atoms with Gasteiger partial charge in [-0.15, -0.1) is 0 Å². The first kappa shape index (κ1) is 15.6. The number of carbonyl (C=O) groups is 1. The molecule has 0 bridgehead atoms. The molecule has 2 unspecified atom stereocenters. The van der Waals surface area contributed by atoms with Crippen molar-refractivity contribution in [2.75, 3.05) is 12.3 Å². The van der Waals surface area contributed by atoms with Gasteiger partial charge in [0.2, 0.25) is 5.91 Å². The van der Waals surface area contributed by atoms with Crippen LogP contribution in [0.4, 0.5) is 5.69 Å². The van der Waals surface area contributed by atoms with E-state index in [0.717, 1.165) is 36.1 Å². The van der Waals surface area contributed by atoms with Crippen molar-refractivity contribution in [3.05, 3.63) is 35.9 Å². The molecule has 2 rings (SSSR count). The molecule has 1 saturated carbocycles. The van der Waals surface area contributed by atoms with Gasteiger partial charge in [-0.2, -0.15) is 0 Å². The first-order valence-corrected chi connectivity index (χ1v) is 7.95. The number of nitrogens with two attached hydrogens (primary N) is 1. The molecule has 3 N–H and O–H groups in total. The zero-order valence-electron chi connectivity index (χ0n) is 12.8. The lowest BCUT2D eigenvalue weighted by atomic mass is 9.81. The zero-order chi connectivity index (χ0) is 15.1. The number of benzene rings is 1. The summed E-state index contributed by atoms with van der Waals surface area (Å²) in [6.45, 7) is 3.11. The van der Waals surface area contributed by atoms with Crippen LogP contribution in [0.15, 0.2) is 30.3 Å². The lowest BCUT2D eigenvalue weighted by Gasteiger charge is -2.26. The second-order valence-electron chi connectivity index (χ2n) is 6.22. The van der Waals surface area contributed by atoms with E-state index in [1.807, 2.05) is 30.3 Å². The molecular weight excluding hydrogens is 260 g/mol. The molecule has 1 aromatic carbocycles. The van der Waals surface area contributed by atoms with Gasteiger partial charge in [-0.25, -0.2) is 0 Å². The van der Waals surface area contributed by atoms with Gasteiger partial charge in [-0.3, -0.25) is 4.79 Å². The van der Waals surface area contributed by atoms with Gasteiger partial charge in [0.15, 0.2) is 0 Å². The topological polar surface area (TPSA) is 55.1 Å². The average molecular weight is 286 g/mol. The van der Waals surface area contributed by atoms with Crippen molar-refractivity contribution in [3.63, 3.8) is 0 Å². The summed E-state index contributed by atoms with van der Waals surface area (Å²) in [5.41, 5.74) is 7.35. The first-order valence-electron chi connectivity index (χ1n) is 7.95. The summed E-state index contributed by atoms with van der Waals surface area (Å²) in [6.07, 6.45) is 9.86. The minimum atomic E-state index is -0.0179. The molecule has 3 heteroatoms. The van der Waals surface area contributed by atoms with E-state index in [9.17, 15) is 4.79 Å². The normalized spacial score (nSPS) is 22.3. The van der Waals surface area contributed by atoms with E-state index in [4.69, 9.17) is 5.73 Å². The van der Waals surface area contributed by atoms with Gasteiger partial charge in [-0.1, -0.05) is 38.3 Å². The molecule has 0 heterocycles. The number of rotatable bonds is 5. The molecule has 1 fully saturated rings. The summed E-state index contributed by atoms with van der Waals surface area (Å²) >= 11 is 0. The standard InChI is InChI=1S/C18H26N2O/c1-14-3-2-4-16(13-14)11-12-20-18(21)10-7-15-5-8-17(19)9-6-15/h5-10,14,16H,2-4,11-13,19H2,1H3,(H,20,21)/b10-7+. The van der Waals surface area contributed by atoms with Gasteiger partial charge in [0.25, 0.3) is 0 Å². The highest BCUT2D eigenvalue weighted by Crippen LogP contribution is 2.30. The zero-order valence-corrected chi connectivity index (χ0v) is 12.8. The summed E-state index contributed by atoms with van der Waals surface area (Å²) in [4.78, 5) is 11.8. The summed E-state index contributed by atoms with van der Waals surface area (Å²) in [6, 6.07) is 7.48.